The molecule has 0 spiro atoms. The van der Waals surface area contributed by atoms with Crippen molar-refractivity contribution < 1.29 is 8.42 Å². The van der Waals surface area contributed by atoms with Gasteiger partial charge in [0.25, 0.3) is 0 Å². The van der Waals surface area contributed by atoms with E-state index in [1.165, 1.54) is 12.1 Å². The summed E-state index contributed by atoms with van der Waals surface area (Å²) in [4.78, 5) is 3.71. The normalized spacial score (nSPS) is 10.6. The van der Waals surface area contributed by atoms with E-state index >= 15 is 0 Å². The molecule has 0 saturated heterocycles. The molecule has 7 heteroatoms. The van der Waals surface area contributed by atoms with Gasteiger partial charge < -0.3 is 0 Å². The molecule has 0 unspecified atom stereocenters. The van der Waals surface area contributed by atoms with E-state index in [-0.39, 0.29) is 17.1 Å². The smallest absolute Gasteiger partial charge is 0.242 e. The Labute approximate surface area is 122 Å². The van der Waals surface area contributed by atoms with E-state index < -0.39 is 10.0 Å². The maximum Gasteiger partial charge on any atom is 0.242 e. The lowest BCUT2D eigenvalue weighted by atomic mass is 10.1. The molecule has 21 heavy (non-hydrogen) atoms. The number of nitriles is 2. The van der Waals surface area contributed by atoms with Crippen molar-refractivity contribution in [2.24, 2.45) is 0 Å². The summed E-state index contributed by atoms with van der Waals surface area (Å²) in [6, 6.07) is 13.1. The molecule has 0 fully saturated rings. The minimum absolute atomic E-state index is 0.0158. The molecule has 0 aliphatic rings. The van der Waals surface area contributed by atoms with Gasteiger partial charge in [-0.05, 0) is 29.8 Å². The highest BCUT2D eigenvalue weighted by atomic mass is 32.2. The van der Waals surface area contributed by atoms with Crippen LogP contribution in [0.25, 0.3) is 0 Å². The zero-order chi connectivity index (χ0) is 15.3. The Morgan fingerprint density at radius 2 is 1.95 bits per heavy atom. The summed E-state index contributed by atoms with van der Waals surface area (Å²) in [6.45, 7) is 0.0673. The fourth-order valence-electron chi connectivity index (χ4n) is 1.62. The summed E-state index contributed by atoms with van der Waals surface area (Å²) < 4.78 is 26.5. The Bertz CT molecular complexity index is 831. The maximum atomic E-state index is 12.1. The van der Waals surface area contributed by atoms with Gasteiger partial charge in [-0.2, -0.15) is 10.5 Å². The summed E-state index contributed by atoms with van der Waals surface area (Å²) in [5.41, 5.74) is 1.29. The predicted octanol–water partition coefficient (Wildman–Crippen LogP) is 1.30. The molecule has 1 aromatic heterocycles. The Morgan fingerprint density at radius 1 is 1.14 bits per heavy atom. The fourth-order valence-corrected chi connectivity index (χ4v) is 2.58. The van der Waals surface area contributed by atoms with Gasteiger partial charge in [-0.1, -0.05) is 12.1 Å². The molecule has 0 radical (unpaired) electrons. The molecular weight excluding hydrogens is 288 g/mol. The molecule has 0 bridgehead atoms. The Kier molecular flexibility index (Phi) is 4.29. The number of nitrogens with one attached hydrogen (secondary N) is 1. The van der Waals surface area contributed by atoms with Crippen LogP contribution >= 0.6 is 0 Å². The van der Waals surface area contributed by atoms with Crippen molar-refractivity contribution in [3.63, 3.8) is 0 Å². The van der Waals surface area contributed by atoms with Crippen LogP contribution in [-0.2, 0) is 16.6 Å². The lowest BCUT2D eigenvalue weighted by Crippen LogP contribution is -2.23. The van der Waals surface area contributed by atoms with Gasteiger partial charge in [-0.15, -0.1) is 0 Å². The van der Waals surface area contributed by atoms with Crippen molar-refractivity contribution in [2.45, 2.75) is 11.4 Å². The molecule has 1 N–H and O–H groups in total. The van der Waals surface area contributed by atoms with E-state index in [0.717, 1.165) is 6.20 Å². The van der Waals surface area contributed by atoms with Crippen LogP contribution in [0.3, 0.4) is 0 Å². The highest BCUT2D eigenvalue weighted by Crippen LogP contribution is 2.09. The second kappa shape index (κ2) is 6.14. The van der Waals surface area contributed by atoms with Crippen molar-refractivity contribution in [1.82, 2.24) is 9.71 Å². The topological polar surface area (TPSA) is 107 Å². The zero-order valence-electron chi connectivity index (χ0n) is 10.8. The number of aromatic nitrogens is 1. The number of hydrogen-bond donors (Lipinski definition) is 1. The number of pyridine rings is 1. The fraction of sp³-hybridized carbons (Fsp3) is 0.0714. The van der Waals surface area contributed by atoms with Gasteiger partial charge in [0.2, 0.25) is 10.0 Å². The van der Waals surface area contributed by atoms with Gasteiger partial charge >= 0.3 is 0 Å². The molecule has 6 nitrogen and oxygen atoms in total. The molecule has 2 rings (SSSR count). The van der Waals surface area contributed by atoms with Crippen molar-refractivity contribution >= 4 is 10.0 Å². The quantitative estimate of drug-likeness (QED) is 0.915. The molecule has 1 aromatic carbocycles. The number of sulfonamides is 1. The lowest BCUT2D eigenvalue weighted by molar-refractivity contribution is 0.581. The minimum Gasteiger partial charge on any atom is -0.244 e. The van der Waals surface area contributed by atoms with E-state index in [9.17, 15) is 8.42 Å². The van der Waals surface area contributed by atoms with Crippen LogP contribution in [0.15, 0.2) is 47.5 Å². The summed E-state index contributed by atoms with van der Waals surface area (Å²) >= 11 is 0. The molecule has 2 aromatic rings. The first-order valence-corrected chi connectivity index (χ1v) is 7.38. The van der Waals surface area contributed by atoms with E-state index in [1.54, 1.807) is 24.3 Å². The Morgan fingerprint density at radius 3 is 2.57 bits per heavy atom. The highest BCUT2D eigenvalue weighted by Gasteiger charge is 2.14. The van der Waals surface area contributed by atoms with Crippen molar-refractivity contribution in [2.75, 3.05) is 0 Å². The first-order valence-electron chi connectivity index (χ1n) is 5.90. The number of nitrogens with zero attached hydrogens (tertiary/aromatic N) is 3. The van der Waals surface area contributed by atoms with Gasteiger partial charge in [-0.25, -0.2) is 18.1 Å². The third-order valence-corrected chi connectivity index (χ3v) is 4.07. The molecule has 0 amide bonds. The molecule has 0 saturated carbocycles. The van der Waals surface area contributed by atoms with Gasteiger partial charge in [0.1, 0.15) is 16.7 Å². The maximum absolute atomic E-state index is 12.1. The lowest BCUT2D eigenvalue weighted by Gasteiger charge is -2.06. The van der Waals surface area contributed by atoms with E-state index in [2.05, 4.69) is 9.71 Å². The van der Waals surface area contributed by atoms with Gasteiger partial charge in [0, 0.05) is 12.7 Å². The summed E-state index contributed by atoms with van der Waals surface area (Å²) in [5, 5.41) is 17.4. The molecular formula is C14H10N4O2S. The minimum atomic E-state index is -3.71. The first-order chi connectivity index (χ1) is 10.0. The number of benzene rings is 1. The van der Waals surface area contributed by atoms with Gasteiger partial charge in [0.05, 0.1) is 11.6 Å². The average Bonchev–Trinajstić information content (AvgIpc) is 2.53. The van der Waals surface area contributed by atoms with Gasteiger partial charge in [-0.3, -0.25) is 0 Å². The highest BCUT2D eigenvalue weighted by molar-refractivity contribution is 7.89. The molecule has 0 aliphatic carbocycles. The second-order valence-corrected chi connectivity index (χ2v) is 5.89. The summed E-state index contributed by atoms with van der Waals surface area (Å²) in [7, 11) is -3.71. The van der Waals surface area contributed by atoms with E-state index in [1.807, 2.05) is 12.1 Å². The standard InChI is InChI=1S/C14H10N4O2S/c15-7-11-2-1-3-12(6-11)9-18-21(19,20)14-5-4-13(8-16)17-10-14/h1-6,10,18H,9H2. The van der Waals surface area contributed by atoms with Crippen molar-refractivity contribution in [3.05, 3.63) is 59.4 Å². The van der Waals surface area contributed by atoms with Crippen molar-refractivity contribution in [3.8, 4) is 12.1 Å². The predicted molar refractivity (Wildman–Crippen MR) is 74.1 cm³/mol. The second-order valence-electron chi connectivity index (χ2n) is 4.13. The largest absolute Gasteiger partial charge is 0.244 e. The third kappa shape index (κ3) is 3.63. The van der Waals surface area contributed by atoms with E-state index in [4.69, 9.17) is 10.5 Å². The Hall–Kier alpha value is -2.74. The SMILES string of the molecule is N#Cc1cccc(CNS(=O)(=O)c2ccc(C#N)nc2)c1. The van der Waals surface area contributed by atoms with Gasteiger partial charge in [0.15, 0.2) is 0 Å². The number of hydrogen-bond acceptors (Lipinski definition) is 5. The third-order valence-electron chi connectivity index (χ3n) is 2.68. The Balaban J connectivity index is 2.14. The number of rotatable bonds is 4. The zero-order valence-corrected chi connectivity index (χ0v) is 11.6. The van der Waals surface area contributed by atoms with Crippen LogP contribution in [0.4, 0.5) is 0 Å². The summed E-state index contributed by atoms with van der Waals surface area (Å²) in [6.07, 6.45) is 1.13. The molecule has 1 heterocycles. The average molecular weight is 298 g/mol. The molecule has 0 atom stereocenters. The molecule has 104 valence electrons. The molecule has 0 aliphatic heterocycles. The van der Waals surface area contributed by atoms with Crippen LogP contribution in [-0.4, -0.2) is 13.4 Å². The van der Waals surface area contributed by atoms with Crippen LogP contribution < -0.4 is 4.72 Å². The van der Waals surface area contributed by atoms with Crippen LogP contribution in [0.1, 0.15) is 16.8 Å². The van der Waals surface area contributed by atoms with Crippen molar-refractivity contribution in [1.29, 1.82) is 10.5 Å². The summed E-state index contributed by atoms with van der Waals surface area (Å²) in [5.74, 6) is 0. The van der Waals surface area contributed by atoms with Crippen LogP contribution in [0.5, 0.6) is 0 Å². The monoisotopic (exact) mass is 298 g/mol. The van der Waals surface area contributed by atoms with E-state index in [0.29, 0.717) is 11.1 Å². The van der Waals surface area contributed by atoms with Crippen LogP contribution in [0.2, 0.25) is 0 Å². The first kappa shape index (κ1) is 14.7. The van der Waals surface area contributed by atoms with Crippen LogP contribution in [0, 0.1) is 22.7 Å².